The fourth-order valence-electron chi connectivity index (χ4n) is 3.29. The lowest BCUT2D eigenvalue weighted by Crippen LogP contribution is -2.31. The monoisotopic (exact) mass is 419 g/mol. The van der Waals surface area contributed by atoms with Crippen molar-refractivity contribution in [2.75, 3.05) is 19.0 Å². The van der Waals surface area contributed by atoms with Crippen LogP contribution < -0.4 is 10.1 Å². The maximum absolute atomic E-state index is 12.1. The van der Waals surface area contributed by atoms with Gasteiger partial charge in [-0.1, -0.05) is 42.0 Å². The molecule has 148 valence electrons. The lowest BCUT2D eigenvalue weighted by atomic mass is 9.97. The van der Waals surface area contributed by atoms with Gasteiger partial charge in [0.1, 0.15) is 22.9 Å². The van der Waals surface area contributed by atoms with Gasteiger partial charge in [-0.2, -0.15) is 0 Å². The Morgan fingerprint density at radius 2 is 2.07 bits per heavy atom. The van der Waals surface area contributed by atoms with Gasteiger partial charge in [0, 0.05) is 21.8 Å². The minimum Gasteiger partial charge on any atom is -0.496 e. The second-order valence-corrected chi connectivity index (χ2v) is 7.31. The van der Waals surface area contributed by atoms with E-state index in [2.05, 4.69) is 5.32 Å². The van der Waals surface area contributed by atoms with E-state index in [1.807, 2.05) is 37.3 Å². The second kappa shape index (κ2) is 8.90. The quantitative estimate of drug-likeness (QED) is 0.553. The Labute approximate surface area is 174 Å². The summed E-state index contributed by atoms with van der Waals surface area (Å²) in [5, 5.41) is 3.78. The number of fused-ring (bicyclic) bond motifs is 1. The zero-order valence-corrected chi connectivity index (χ0v) is 17.5. The first-order valence-corrected chi connectivity index (χ1v) is 9.78. The summed E-state index contributed by atoms with van der Waals surface area (Å²) in [4.78, 5) is 12.5. The molecule has 0 radical (unpaired) electrons. The second-order valence-electron chi connectivity index (χ2n) is 6.43. The average Bonchev–Trinajstić information content (AvgIpc) is 2.78. The van der Waals surface area contributed by atoms with Gasteiger partial charge >= 0.3 is 5.97 Å². The molecule has 0 saturated heterocycles. The van der Waals surface area contributed by atoms with Crippen LogP contribution >= 0.6 is 23.8 Å². The Hall–Kier alpha value is -2.15. The minimum absolute atomic E-state index is 0.0199. The highest BCUT2D eigenvalue weighted by molar-refractivity contribution is 7.80. The molecule has 0 unspecified atom stereocenters. The van der Waals surface area contributed by atoms with Crippen LogP contribution in [-0.2, 0) is 14.3 Å². The Bertz CT molecular complexity index is 902. The van der Waals surface area contributed by atoms with E-state index in [9.17, 15) is 4.79 Å². The normalized spacial score (nSPS) is 18.6. The van der Waals surface area contributed by atoms with Gasteiger partial charge in [-0.3, -0.25) is 4.79 Å². The maximum atomic E-state index is 12.1. The van der Waals surface area contributed by atoms with Crippen LogP contribution in [-0.4, -0.2) is 30.8 Å². The highest BCUT2D eigenvalue weighted by Crippen LogP contribution is 2.41. The molecular formula is C21H22ClNO4S. The SMILES string of the molecule is CCOC(=O)C[C@H]1O[C@H](c2cccc(C)c2OC)c2cc(Cl)ccc2NC1=S. The summed E-state index contributed by atoms with van der Waals surface area (Å²) in [6.45, 7) is 4.04. The zero-order valence-electron chi connectivity index (χ0n) is 16.0. The van der Waals surface area contributed by atoms with Crippen LogP contribution in [0, 0.1) is 6.92 Å². The number of carbonyl (C=O) groups is 1. The smallest absolute Gasteiger partial charge is 0.308 e. The molecule has 0 amide bonds. The summed E-state index contributed by atoms with van der Waals surface area (Å²) in [6.07, 6.45) is -1.14. The summed E-state index contributed by atoms with van der Waals surface area (Å²) in [5.74, 6) is 0.358. The number of rotatable bonds is 5. The number of thiocarbonyl (C=S) groups is 1. The van der Waals surface area contributed by atoms with Gasteiger partial charge in [0.15, 0.2) is 0 Å². The van der Waals surface area contributed by atoms with E-state index in [1.165, 1.54) is 0 Å². The van der Waals surface area contributed by atoms with E-state index >= 15 is 0 Å². The van der Waals surface area contributed by atoms with Crippen LogP contribution in [0.5, 0.6) is 5.75 Å². The standard InChI is InChI=1S/C21H22ClNO4S/c1-4-26-18(24)11-17-21(28)23-16-9-8-13(22)10-15(16)20(27-17)14-7-5-6-12(2)19(14)25-3/h5-10,17,20H,4,11H2,1-3H3,(H,23,28)/t17-,20-/m1/s1. The molecule has 0 fully saturated rings. The first kappa shape index (κ1) is 20.6. The number of aryl methyl sites for hydroxylation is 1. The number of methoxy groups -OCH3 is 1. The largest absolute Gasteiger partial charge is 0.496 e. The number of hydrogen-bond donors (Lipinski definition) is 1. The van der Waals surface area contributed by atoms with Gasteiger partial charge in [0.05, 0.1) is 20.1 Å². The van der Waals surface area contributed by atoms with Gasteiger partial charge in [-0.25, -0.2) is 0 Å². The van der Waals surface area contributed by atoms with Crippen molar-refractivity contribution in [3.8, 4) is 5.75 Å². The first-order valence-electron chi connectivity index (χ1n) is 8.99. The van der Waals surface area contributed by atoms with Gasteiger partial charge in [0.25, 0.3) is 0 Å². The van der Waals surface area contributed by atoms with Gasteiger partial charge < -0.3 is 19.5 Å². The molecule has 1 aliphatic heterocycles. The number of anilines is 1. The molecule has 1 heterocycles. The van der Waals surface area contributed by atoms with Crippen molar-refractivity contribution >= 4 is 40.5 Å². The van der Waals surface area contributed by atoms with E-state index in [4.69, 9.17) is 38.0 Å². The molecule has 2 aromatic rings. The van der Waals surface area contributed by atoms with Gasteiger partial charge in [-0.15, -0.1) is 0 Å². The lowest BCUT2D eigenvalue weighted by molar-refractivity contribution is -0.145. The van der Waals surface area contributed by atoms with Crippen molar-refractivity contribution in [1.29, 1.82) is 0 Å². The van der Waals surface area contributed by atoms with E-state index in [0.717, 1.165) is 28.1 Å². The Morgan fingerprint density at radius 3 is 2.79 bits per heavy atom. The molecule has 2 atom stereocenters. The first-order chi connectivity index (χ1) is 13.4. The van der Waals surface area contributed by atoms with Crippen molar-refractivity contribution in [3.05, 3.63) is 58.1 Å². The van der Waals surface area contributed by atoms with Gasteiger partial charge in [-0.05, 0) is 37.6 Å². The summed E-state index contributed by atoms with van der Waals surface area (Å²) >= 11 is 11.8. The van der Waals surface area contributed by atoms with Crippen LogP contribution in [0.4, 0.5) is 5.69 Å². The van der Waals surface area contributed by atoms with E-state index < -0.39 is 12.2 Å². The van der Waals surface area contributed by atoms with E-state index in [1.54, 1.807) is 20.1 Å². The van der Waals surface area contributed by atoms with E-state index in [0.29, 0.717) is 16.6 Å². The predicted molar refractivity (Wildman–Crippen MR) is 113 cm³/mol. The molecule has 0 spiro atoms. The van der Waals surface area contributed by atoms with Gasteiger partial charge in [0.2, 0.25) is 0 Å². The Kier molecular flexibility index (Phi) is 6.54. The van der Waals surface area contributed by atoms with Crippen LogP contribution in [0.1, 0.15) is 36.1 Å². The molecule has 3 rings (SSSR count). The molecular weight excluding hydrogens is 398 g/mol. The topological polar surface area (TPSA) is 56.8 Å². The number of nitrogens with one attached hydrogen (secondary N) is 1. The summed E-state index contributed by atoms with van der Waals surface area (Å²) < 4.78 is 17.1. The van der Waals surface area contributed by atoms with Crippen molar-refractivity contribution < 1.29 is 19.0 Å². The van der Waals surface area contributed by atoms with Crippen molar-refractivity contribution in [3.63, 3.8) is 0 Å². The van der Waals surface area contributed by atoms with Crippen molar-refractivity contribution in [1.82, 2.24) is 0 Å². The average molecular weight is 420 g/mol. The molecule has 0 saturated carbocycles. The number of benzene rings is 2. The van der Waals surface area contributed by atoms with Crippen LogP contribution in [0.25, 0.3) is 0 Å². The third kappa shape index (κ3) is 4.29. The molecule has 0 aromatic heterocycles. The van der Waals surface area contributed by atoms with Crippen LogP contribution in [0.3, 0.4) is 0 Å². The Morgan fingerprint density at radius 1 is 1.29 bits per heavy atom. The zero-order chi connectivity index (χ0) is 20.3. The third-order valence-corrected chi connectivity index (χ3v) is 5.13. The molecule has 28 heavy (non-hydrogen) atoms. The van der Waals surface area contributed by atoms with Crippen molar-refractivity contribution in [2.24, 2.45) is 0 Å². The summed E-state index contributed by atoms with van der Waals surface area (Å²) in [6, 6.07) is 11.3. The summed E-state index contributed by atoms with van der Waals surface area (Å²) in [5.41, 5.74) is 3.43. The number of halogens is 1. The highest BCUT2D eigenvalue weighted by Gasteiger charge is 2.33. The molecule has 2 aromatic carbocycles. The number of ether oxygens (including phenoxy) is 3. The number of para-hydroxylation sites is 1. The molecule has 7 heteroatoms. The lowest BCUT2D eigenvalue weighted by Gasteiger charge is -2.24. The summed E-state index contributed by atoms with van der Waals surface area (Å²) in [7, 11) is 1.63. The highest BCUT2D eigenvalue weighted by atomic mass is 35.5. The molecule has 1 aliphatic rings. The molecule has 1 N–H and O–H groups in total. The fraction of sp³-hybridized carbons (Fsp3) is 0.333. The third-order valence-electron chi connectivity index (χ3n) is 4.53. The number of hydrogen-bond acceptors (Lipinski definition) is 5. The molecule has 5 nitrogen and oxygen atoms in total. The Balaban J connectivity index is 2.09. The van der Waals surface area contributed by atoms with Crippen LogP contribution in [0.2, 0.25) is 5.02 Å². The minimum atomic E-state index is -0.643. The predicted octanol–water partition coefficient (Wildman–Crippen LogP) is 4.84. The number of esters is 1. The maximum Gasteiger partial charge on any atom is 0.308 e. The van der Waals surface area contributed by atoms with Crippen LogP contribution in [0.15, 0.2) is 36.4 Å². The van der Waals surface area contributed by atoms with E-state index in [-0.39, 0.29) is 12.4 Å². The van der Waals surface area contributed by atoms with Crippen molar-refractivity contribution in [2.45, 2.75) is 32.5 Å². The number of carbonyl (C=O) groups excluding carboxylic acids is 1. The molecule has 0 bridgehead atoms. The fourth-order valence-corrected chi connectivity index (χ4v) is 3.72. The molecule has 0 aliphatic carbocycles.